The standard InChI is InChI=1S/C9H11Cl2NO.ClH/c1-2-7(12)9-6(11)3-5(10)4-8(9)13;/h3-4,7,13H,2,12H2,1H3;1H/t7-;/m1./s1. The Morgan fingerprint density at radius 1 is 1.43 bits per heavy atom. The average Bonchev–Trinajstić information content (AvgIpc) is 2.02. The molecule has 0 aliphatic rings. The molecule has 80 valence electrons. The summed E-state index contributed by atoms with van der Waals surface area (Å²) in [5, 5.41) is 10.4. The average molecular weight is 257 g/mol. The zero-order valence-electron chi connectivity index (χ0n) is 7.63. The van der Waals surface area contributed by atoms with Gasteiger partial charge in [-0.15, -0.1) is 12.4 Å². The maximum Gasteiger partial charge on any atom is 0.123 e. The highest BCUT2D eigenvalue weighted by molar-refractivity contribution is 6.35. The summed E-state index contributed by atoms with van der Waals surface area (Å²) in [5.74, 6) is 0.0619. The van der Waals surface area contributed by atoms with Gasteiger partial charge >= 0.3 is 0 Å². The Labute approximate surface area is 99.4 Å². The molecule has 0 aliphatic heterocycles. The number of nitrogens with two attached hydrogens (primary N) is 1. The van der Waals surface area contributed by atoms with Crippen molar-refractivity contribution >= 4 is 35.6 Å². The van der Waals surface area contributed by atoms with E-state index >= 15 is 0 Å². The van der Waals surface area contributed by atoms with Crippen molar-refractivity contribution in [3.05, 3.63) is 27.7 Å². The Hall–Kier alpha value is -0.150. The Kier molecular flexibility index (Phi) is 5.60. The van der Waals surface area contributed by atoms with E-state index in [1.165, 1.54) is 6.07 Å². The SMILES string of the molecule is CC[C@@H](N)c1c(O)cc(Cl)cc1Cl.Cl. The molecular weight excluding hydrogens is 244 g/mol. The lowest BCUT2D eigenvalue weighted by Crippen LogP contribution is -2.09. The van der Waals surface area contributed by atoms with Crippen LogP contribution in [0.3, 0.4) is 0 Å². The highest BCUT2D eigenvalue weighted by atomic mass is 35.5. The molecule has 0 saturated heterocycles. The van der Waals surface area contributed by atoms with E-state index in [4.69, 9.17) is 28.9 Å². The van der Waals surface area contributed by atoms with Crippen LogP contribution < -0.4 is 5.73 Å². The molecule has 3 N–H and O–H groups in total. The number of phenolic OH excluding ortho intramolecular Hbond substituents is 1. The lowest BCUT2D eigenvalue weighted by molar-refractivity contribution is 0.460. The third kappa shape index (κ3) is 2.92. The van der Waals surface area contributed by atoms with E-state index in [1.807, 2.05) is 6.92 Å². The van der Waals surface area contributed by atoms with Gasteiger partial charge in [-0.1, -0.05) is 30.1 Å². The maximum atomic E-state index is 9.52. The summed E-state index contributed by atoms with van der Waals surface area (Å²) in [7, 11) is 0. The van der Waals surface area contributed by atoms with E-state index in [-0.39, 0.29) is 24.2 Å². The fraction of sp³-hybridized carbons (Fsp3) is 0.333. The number of rotatable bonds is 2. The third-order valence-electron chi connectivity index (χ3n) is 1.88. The molecule has 5 heteroatoms. The first kappa shape index (κ1) is 13.8. The number of phenols is 1. The van der Waals surface area contributed by atoms with Crippen LogP contribution in [0.4, 0.5) is 0 Å². The summed E-state index contributed by atoms with van der Waals surface area (Å²) in [5.41, 5.74) is 6.32. The Bertz CT molecular complexity index is 294. The second kappa shape index (κ2) is 5.66. The zero-order chi connectivity index (χ0) is 10.0. The van der Waals surface area contributed by atoms with E-state index < -0.39 is 0 Å². The fourth-order valence-electron chi connectivity index (χ4n) is 1.14. The molecule has 1 aromatic carbocycles. The molecule has 1 atom stereocenters. The normalized spacial score (nSPS) is 12.0. The number of halogens is 3. The number of benzene rings is 1. The van der Waals surface area contributed by atoms with Gasteiger partial charge in [0.2, 0.25) is 0 Å². The summed E-state index contributed by atoms with van der Waals surface area (Å²) in [4.78, 5) is 0. The smallest absolute Gasteiger partial charge is 0.123 e. The van der Waals surface area contributed by atoms with E-state index in [0.717, 1.165) is 6.42 Å². The minimum absolute atomic E-state index is 0. The monoisotopic (exact) mass is 255 g/mol. The van der Waals surface area contributed by atoms with Gasteiger partial charge in [0.25, 0.3) is 0 Å². The highest BCUT2D eigenvalue weighted by Crippen LogP contribution is 2.34. The van der Waals surface area contributed by atoms with E-state index in [2.05, 4.69) is 0 Å². The first-order chi connectivity index (χ1) is 6.06. The maximum absolute atomic E-state index is 9.52. The minimum Gasteiger partial charge on any atom is -0.508 e. The molecule has 0 saturated carbocycles. The van der Waals surface area contributed by atoms with Crippen LogP contribution >= 0.6 is 35.6 Å². The van der Waals surface area contributed by atoms with Crippen molar-refractivity contribution in [1.29, 1.82) is 0 Å². The molecule has 0 unspecified atom stereocenters. The van der Waals surface area contributed by atoms with Gasteiger partial charge in [0.15, 0.2) is 0 Å². The lowest BCUT2D eigenvalue weighted by atomic mass is 10.0. The van der Waals surface area contributed by atoms with Crippen LogP contribution in [-0.4, -0.2) is 5.11 Å². The van der Waals surface area contributed by atoms with Crippen LogP contribution in [0.2, 0.25) is 10.0 Å². The van der Waals surface area contributed by atoms with Gasteiger partial charge in [-0.25, -0.2) is 0 Å². The molecule has 0 amide bonds. The molecule has 2 nitrogen and oxygen atoms in total. The molecule has 1 rings (SSSR count). The number of aromatic hydroxyl groups is 1. The summed E-state index contributed by atoms with van der Waals surface area (Å²) < 4.78 is 0. The lowest BCUT2D eigenvalue weighted by Gasteiger charge is -2.13. The van der Waals surface area contributed by atoms with Crippen LogP contribution in [0.25, 0.3) is 0 Å². The van der Waals surface area contributed by atoms with E-state index in [9.17, 15) is 5.11 Å². The van der Waals surface area contributed by atoms with Crippen LogP contribution in [0.15, 0.2) is 12.1 Å². The fourth-order valence-corrected chi connectivity index (χ4v) is 1.77. The Balaban J connectivity index is 0.00000169. The van der Waals surface area contributed by atoms with Crippen molar-refractivity contribution in [3.8, 4) is 5.75 Å². The Morgan fingerprint density at radius 2 is 2.00 bits per heavy atom. The summed E-state index contributed by atoms with van der Waals surface area (Å²) >= 11 is 11.6. The van der Waals surface area contributed by atoms with Gasteiger partial charge < -0.3 is 10.8 Å². The van der Waals surface area contributed by atoms with Crippen molar-refractivity contribution < 1.29 is 5.11 Å². The van der Waals surface area contributed by atoms with Crippen molar-refractivity contribution in [2.45, 2.75) is 19.4 Å². The predicted octanol–water partition coefficient (Wildman–Crippen LogP) is 3.53. The molecule has 0 fully saturated rings. The molecule has 14 heavy (non-hydrogen) atoms. The number of hydrogen-bond donors (Lipinski definition) is 2. The zero-order valence-corrected chi connectivity index (χ0v) is 9.96. The summed E-state index contributed by atoms with van der Waals surface area (Å²) in [6, 6.07) is 2.77. The minimum atomic E-state index is -0.246. The molecule has 0 aromatic heterocycles. The van der Waals surface area contributed by atoms with Crippen molar-refractivity contribution in [3.63, 3.8) is 0 Å². The Morgan fingerprint density at radius 3 is 2.43 bits per heavy atom. The van der Waals surface area contributed by atoms with Crippen molar-refractivity contribution in [2.24, 2.45) is 5.73 Å². The first-order valence-corrected chi connectivity index (χ1v) is 4.75. The predicted molar refractivity (Wildman–Crippen MR) is 62.6 cm³/mol. The largest absolute Gasteiger partial charge is 0.508 e. The van der Waals surface area contributed by atoms with Crippen molar-refractivity contribution in [2.75, 3.05) is 0 Å². The molecule has 0 spiro atoms. The van der Waals surface area contributed by atoms with E-state index in [0.29, 0.717) is 15.6 Å². The molecule has 0 radical (unpaired) electrons. The van der Waals surface area contributed by atoms with Gasteiger partial charge in [0, 0.05) is 16.6 Å². The van der Waals surface area contributed by atoms with Gasteiger partial charge in [0.1, 0.15) is 5.75 Å². The summed E-state index contributed by atoms with van der Waals surface area (Å²) in [6.07, 6.45) is 0.717. The van der Waals surface area contributed by atoms with Gasteiger partial charge in [0.05, 0.1) is 5.02 Å². The van der Waals surface area contributed by atoms with Crippen LogP contribution in [0.1, 0.15) is 24.9 Å². The van der Waals surface area contributed by atoms with Crippen LogP contribution in [0, 0.1) is 0 Å². The molecule has 0 heterocycles. The van der Waals surface area contributed by atoms with Gasteiger partial charge in [-0.3, -0.25) is 0 Å². The summed E-state index contributed by atoms with van der Waals surface area (Å²) in [6.45, 7) is 1.93. The quantitative estimate of drug-likeness (QED) is 0.850. The van der Waals surface area contributed by atoms with Gasteiger partial charge in [-0.2, -0.15) is 0 Å². The third-order valence-corrected chi connectivity index (χ3v) is 2.41. The second-order valence-electron chi connectivity index (χ2n) is 2.84. The van der Waals surface area contributed by atoms with Crippen molar-refractivity contribution in [1.82, 2.24) is 0 Å². The first-order valence-electron chi connectivity index (χ1n) is 3.99. The molecular formula is C9H12Cl3NO. The molecule has 0 bridgehead atoms. The second-order valence-corrected chi connectivity index (χ2v) is 3.68. The van der Waals surface area contributed by atoms with Crippen LogP contribution in [0.5, 0.6) is 5.75 Å². The topological polar surface area (TPSA) is 46.2 Å². The van der Waals surface area contributed by atoms with Crippen LogP contribution in [-0.2, 0) is 0 Å². The molecule has 1 aromatic rings. The van der Waals surface area contributed by atoms with Gasteiger partial charge in [-0.05, 0) is 18.6 Å². The molecule has 0 aliphatic carbocycles. The number of hydrogen-bond acceptors (Lipinski definition) is 2. The highest BCUT2D eigenvalue weighted by Gasteiger charge is 2.14. The van der Waals surface area contributed by atoms with E-state index in [1.54, 1.807) is 6.07 Å².